The van der Waals surface area contributed by atoms with E-state index in [2.05, 4.69) is 52.2 Å². The van der Waals surface area contributed by atoms with Crippen molar-refractivity contribution >= 4 is 23.2 Å². The summed E-state index contributed by atoms with van der Waals surface area (Å²) in [5.41, 5.74) is 3.31. The number of rotatable bonds is 2. The Bertz CT molecular complexity index is 794. The molecule has 26 heavy (non-hydrogen) atoms. The number of carbonyl (C=O) groups excluding carboxylic acids is 2. The van der Waals surface area contributed by atoms with Crippen molar-refractivity contribution in [1.82, 2.24) is 0 Å². The summed E-state index contributed by atoms with van der Waals surface area (Å²) in [6.45, 7) is 12.6. The Kier molecular flexibility index (Phi) is 5.55. The minimum atomic E-state index is -0.683. The summed E-state index contributed by atoms with van der Waals surface area (Å²) in [6.07, 6.45) is 0. The average Bonchev–Trinajstić information content (AvgIpc) is 2.54. The van der Waals surface area contributed by atoms with Gasteiger partial charge in [-0.25, -0.2) is 0 Å². The first kappa shape index (κ1) is 19.7. The molecule has 0 saturated heterocycles. The van der Waals surface area contributed by atoms with Gasteiger partial charge in [0.05, 0.1) is 0 Å². The van der Waals surface area contributed by atoms with Crippen molar-refractivity contribution in [2.45, 2.75) is 52.4 Å². The molecule has 0 aromatic heterocycles. The van der Waals surface area contributed by atoms with E-state index in [4.69, 9.17) is 0 Å². The van der Waals surface area contributed by atoms with Gasteiger partial charge in [-0.3, -0.25) is 9.59 Å². The smallest absolute Gasteiger partial charge is 0.314 e. The van der Waals surface area contributed by atoms with E-state index in [-0.39, 0.29) is 10.8 Å². The van der Waals surface area contributed by atoms with Crippen LogP contribution in [0.25, 0.3) is 0 Å². The predicted molar refractivity (Wildman–Crippen MR) is 108 cm³/mol. The third-order valence-corrected chi connectivity index (χ3v) is 4.20. The summed E-state index contributed by atoms with van der Waals surface area (Å²) in [7, 11) is 0. The molecule has 0 bridgehead atoms. The maximum absolute atomic E-state index is 12.3. The summed E-state index contributed by atoms with van der Waals surface area (Å²) in [4.78, 5) is 24.5. The first-order valence-corrected chi connectivity index (χ1v) is 8.81. The van der Waals surface area contributed by atoms with E-state index in [1.165, 1.54) is 5.56 Å². The molecule has 138 valence electrons. The van der Waals surface area contributed by atoms with E-state index in [0.29, 0.717) is 11.4 Å². The van der Waals surface area contributed by atoms with Crippen LogP contribution in [0.15, 0.2) is 48.5 Å². The molecule has 0 heterocycles. The molecule has 2 rings (SSSR count). The van der Waals surface area contributed by atoms with Crippen molar-refractivity contribution in [3.63, 3.8) is 0 Å². The maximum atomic E-state index is 12.3. The second-order valence-corrected chi connectivity index (χ2v) is 8.53. The Hall–Kier alpha value is -2.62. The average molecular weight is 352 g/mol. The maximum Gasteiger partial charge on any atom is 0.314 e. The number of hydrogen-bond acceptors (Lipinski definition) is 2. The van der Waals surface area contributed by atoms with Gasteiger partial charge in [0.25, 0.3) is 0 Å². The highest BCUT2D eigenvalue weighted by atomic mass is 16.2. The van der Waals surface area contributed by atoms with Crippen molar-refractivity contribution in [2.24, 2.45) is 0 Å². The summed E-state index contributed by atoms with van der Waals surface area (Å²) in [5, 5.41) is 5.37. The molecule has 2 amide bonds. The third-order valence-electron chi connectivity index (χ3n) is 4.20. The van der Waals surface area contributed by atoms with Crippen LogP contribution in [0.2, 0.25) is 0 Å². The first-order valence-electron chi connectivity index (χ1n) is 8.81. The fraction of sp³-hybridized carbons (Fsp3) is 0.364. The van der Waals surface area contributed by atoms with Gasteiger partial charge in [0.2, 0.25) is 0 Å². The summed E-state index contributed by atoms with van der Waals surface area (Å²) >= 11 is 0. The second kappa shape index (κ2) is 7.32. The molecule has 0 aliphatic heterocycles. The number of para-hydroxylation sites is 1. The molecule has 0 unspecified atom stereocenters. The Morgan fingerprint density at radius 3 is 1.77 bits per heavy atom. The van der Waals surface area contributed by atoms with Gasteiger partial charge in [0, 0.05) is 11.4 Å². The largest absolute Gasteiger partial charge is 0.318 e. The fourth-order valence-corrected chi connectivity index (χ4v) is 2.67. The Labute approximate surface area is 156 Å². The van der Waals surface area contributed by atoms with Crippen LogP contribution in [0.4, 0.5) is 11.4 Å². The standard InChI is InChI=1S/C22H28N2O2/c1-21(2,3)15-11-13-16(14-12-15)23-19(25)20(26)24-18-10-8-7-9-17(18)22(4,5)6/h7-14H,1-6H3,(H,23,25)(H,24,26). The lowest BCUT2D eigenvalue weighted by molar-refractivity contribution is -0.133. The Balaban J connectivity index is 2.08. The van der Waals surface area contributed by atoms with E-state index in [9.17, 15) is 9.59 Å². The molecule has 0 atom stereocenters. The van der Waals surface area contributed by atoms with Gasteiger partial charge in [0.15, 0.2) is 0 Å². The zero-order valence-electron chi connectivity index (χ0n) is 16.4. The molecular formula is C22H28N2O2. The molecule has 2 N–H and O–H groups in total. The van der Waals surface area contributed by atoms with Crippen molar-refractivity contribution in [1.29, 1.82) is 0 Å². The van der Waals surface area contributed by atoms with Crippen molar-refractivity contribution in [3.8, 4) is 0 Å². The van der Waals surface area contributed by atoms with Crippen LogP contribution in [-0.2, 0) is 20.4 Å². The zero-order chi connectivity index (χ0) is 19.5. The molecule has 4 heteroatoms. The summed E-state index contributed by atoms with van der Waals surface area (Å²) < 4.78 is 0. The number of hydrogen-bond donors (Lipinski definition) is 2. The van der Waals surface area contributed by atoms with Crippen LogP contribution in [0, 0.1) is 0 Å². The highest BCUT2D eigenvalue weighted by Gasteiger charge is 2.21. The quantitative estimate of drug-likeness (QED) is 0.758. The minimum Gasteiger partial charge on any atom is -0.318 e. The fourth-order valence-electron chi connectivity index (χ4n) is 2.67. The molecule has 2 aromatic rings. The summed E-state index contributed by atoms with van der Waals surface area (Å²) in [5.74, 6) is -1.36. The van der Waals surface area contributed by atoms with Gasteiger partial charge in [-0.15, -0.1) is 0 Å². The highest BCUT2D eigenvalue weighted by Crippen LogP contribution is 2.29. The van der Waals surface area contributed by atoms with Gasteiger partial charge in [-0.05, 0) is 40.2 Å². The van der Waals surface area contributed by atoms with Gasteiger partial charge in [0.1, 0.15) is 0 Å². The molecule has 0 aliphatic carbocycles. The lowest BCUT2D eigenvalue weighted by atomic mass is 9.86. The van der Waals surface area contributed by atoms with E-state index < -0.39 is 11.8 Å². The first-order chi connectivity index (χ1) is 12.0. The zero-order valence-corrected chi connectivity index (χ0v) is 16.4. The van der Waals surface area contributed by atoms with Crippen LogP contribution in [0.3, 0.4) is 0 Å². The van der Waals surface area contributed by atoms with Crippen LogP contribution in [0.1, 0.15) is 52.7 Å². The van der Waals surface area contributed by atoms with Crippen LogP contribution in [-0.4, -0.2) is 11.8 Å². The highest BCUT2D eigenvalue weighted by molar-refractivity contribution is 6.43. The topological polar surface area (TPSA) is 58.2 Å². The molecular weight excluding hydrogens is 324 g/mol. The lowest BCUT2D eigenvalue weighted by Crippen LogP contribution is -2.30. The van der Waals surface area contributed by atoms with Crippen LogP contribution >= 0.6 is 0 Å². The van der Waals surface area contributed by atoms with E-state index in [1.54, 1.807) is 0 Å². The Morgan fingerprint density at radius 2 is 1.23 bits per heavy atom. The van der Waals surface area contributed by atoms with E-state index in [0.717, 1.165) is 5.56 Å². The molecule has 0 fully saturated rings. The van der Waals surface area contributed by atoms with E-state index >= 15 is 0 Å². The van der Waals surface area contributed by atoms with Crippen LogP contribution in [0.5, 0.6) is 0 Å². The van der Waals surface area contributed by atoms with Crippen molar-refractivity contribution in [3.05, 3.63) is 59.7 Å². The number of amides is 2. The van der Waals surface area contributed by atoms with Crippen molar-refractivity contribution < 1.29 is 9.59 Å². The predicted octanol–water partition coefficient (Wildman–Crippen LogP) is 4.86. The molecule has 0 saturated carbocycles. The van der Waals surface area contributed by atoms with E-state index in [1.807, 2.05) is 48.5 Å². The van der Waals surface area contributed by atoms with Gasteiger partial charge < -0.3 is 10.6 Å². The van der Waals surface area contributed by atoms with Gasteiger partial charge in [-0.1, -0.05) is 71.9 Å². The van der Waals surface area contributed by atoms with Gasteiger partial charge >= 0.3 is 11.8 Å². The number of anilines is 2. The number of nitrogens with one attached hydrogen (secondary N) is 2. The monoisotopic (exact) mass is 352 g/mol. The second-order valence-electron chi connectivity index (χ2n) is 8.53. The van der Waals surface area contributed by atoms with Crippen LogP contribution < -0.4 is 10.6 Å². The molecule has 0 radical (unpaired) electrons. The minimum absolute atomic E-state index is 0.0383. The SMILES string of the molecule is CC(C)(C)c1ccc(NC(=O)C(=O)Nc2ccccc2C(C)(C)C)cc1. The molecule has 4 nitrogen and oxygen atoms in total. The van der Waals surface area contributed by atoms with Gasteiger partial charge in [-0.2, -0.15) is 0 Å². The molecule has 0 spiro atoms. The lowest BCUT2D eigenvalue weighted by Gasteiger charge is -2.22. The molecule has 2 aromatic carbocycles. The normalized spacial score (nSPS) is 11.8. The molecule has 0 aliphatic rings. The third kappa shape index (κ3) is 4.94. The Morgan fingerprint density at radius 1 is 0.692 bits per heavy atom. The number of carbonyl (C=O) groups is 2. The van der Waals surface area contributed by atoms with Crippen molar-refractivity contribution in [2.75, 3.05) is 10.6 Å². The number of benzene rings is 2. The summed E-state index contributed by atoms with van der Waals surface area (Å²) in [6, 6.07) is 15.1.